The number of ether oxygens (including phenoxy) is 1. The molecule has 1 aliphatic rings. The summed E-state index contributed by atoms with van der Waals surface area (Å²) in [6.07, 6.45) is 4.57. The maximum absolute atomic E-state index is 13.4. The molecule has 3 aromatic rings. The normalized spacial score (nSPS) is 15.4. The second-order valence-electron chi connectivity index (χ2n) is 9.56. The molecule has 1 amide bonds. The molecule has 2 heterocycles. The summed E-state index contributed by atoms with van der Waals surface area (Å²) in [7, 11) is 1.60. The molecule has 1 aliphatic heterocycles. The van der Waals surface area contributed by atoms with Crippen molar-refractivity contribution in [2.24, 2.45) is 5.41 Å². The van der Waals surface area contributed by atoms with Crippen molar-refractivity contribution in [3.63, 3.8) is 0 Å². The number of amides is 1. The lowest BCUT2D eigenvalue weighted by atomic mass is 9.73. The summed E-state index contributed by atoms with van der Waals surface area (Å²) in [6, 6.07) is 7.45. The molecule has 11 heteroatoms. The van der Waals surface area contributed by atoms with Gasteiger partial charge in [-0.05, 0) is 69.0 Å². The lowest BCUT2D eigenvalue weighted by Gasteiger charge is -2.40. The van der Waals surface area contributed by atoms with Crippen LogP contribution in [0.25, 0.3) is 10.9 Å². The van der Waals surface area contributed by atoms with Crippen molar-refractivity contribution in [3.8, 4) is 5.75 Å². The molecule has 1 aromatic heterocycles. The van der Waals surface area contributed by atoms with E-state index in [4.69, 9.17) is 16.3 Å². The maximum atomic E-state index is 13.4. The Balaban J connectivity index is 1.35. The van der Waals surface area contributed by atoms with Crippen molar-refractivity contribution < 1.29 is 27.9 Å². The molecule has 0 unspecified atom stereocenters. The number of methoxy groups -OCH3 is 1. The summed E-state index contributed by atoms with van der Waals surface area (Å²) in [6.45, 7) is 2.17. The minimum Gasteiger partial charge on any atom is -0.497 e. The van der Waals surface area contributed by atoms with Crippen LogP contribution < -0.4 is 15.5 Å². The number of benzene rings is 2. The fourth-order valence-corrected chi connectivity index (χ4v) is 5.36. The highest BCUT2D eigenvalue weighted by molar-refractivity contribution is 6.32. The van der Waals surface area contributed by atoms with Gasteiger partial charge in [0.2, 0.25) is 5.91 Å². The van der Waals surface area contributed by atoms with E-state index in [-0.39, 0.29) is 5.69 Å². The number of halogens is 4. The molecule has 0 atom stereocenters. The lowest BCUT2D eigenvalue weighted by molar-refractivity contribution is -0.143. The van der Waals surface area contributed by atoms with Crippen molar-refractivity contribution in [2.75, 3.05) is 38.6 Å². The van der Waals surface area contributed by atoms with Crippen LogP contribution in [0.4, 0.5) is 18.9 Å². The van der Waals surface area contributed by atoms with Crippen molar-refractivity contribution >= 4 is 34.1 Å². The Bertz CT molecular complexity index is 1280. The Morgan fingerprint density at radius 3 is 2.55 bits per heavy atom. The number of carbonyl (C=O) groups is 1. The summed E-state index contributed by atoms with van der Waals surface area (Å²) >= 11 is 6.49. The number of likely N-dealkylation sites (tertiary alicyclic amines) is 1. The summed E-state index contributed by atoms with van der Waals surface area (Å²) < 4.78 is 45.3. The number of nitrogens with one attached hydrogen (secondary N) is 2. The zero-order valence-corrected chi connectivity index (χ0v) is 21.8. The predicted octanol–water partition coefficient (Wildman–Crippen LogP) is 5.34. The number of hydrogen-bond acceptors (Lipinski definition) is 6. The van der Waals surface area contributed by atoms with Gasteiger partial charge in [0.15, 0.2) is 17.5 Å². The minimum absolute atomic E-state index is 0.160. The first-order chi connectivity index (χ1) is 18.3. The molecule has 0 radical (unpaired) electrons. The SMILES string of the molecule is COc1ccc2ncc(Cl)c(CCCC3(C(=O)NO)CCN(CCNc4cc(F)c(F)c(F)c4)CC3)c2c1. The van der Waals surface area contributed by atoms with Gasteiger partial charge in [-0.3, -0.25) is 15.0 Å². The predicted molar refractivity (Wildman–Crippen MR) is 139 cm³/mol. The zero-order valence-electron chi connectivity index (χ0n) is 21.0. The van der Waals surface area contributed by atoms with Gasteiger partial charge in [0, 0.05) is 42.5 Å². The van der Waals surface area contributed by atoms with Crippen molar-refractivity contribution in [3.05, 3.63) is 64.6 Å². The molecule has 38 heavy (non-hydrogen) atoms. The van der Waals surface area contributed by atoms with Crippen LogP contribution in [-0.2, 0) is 11.2 Å². The molecule has 7 nitrogen and oxygen atoms in total. The van der Waals surface area contributed by atoms with E-state index in [1.54, 1.807) is 13.3 Å². The van der Waals surface area contributed by atoms with Gasteiger partial charge in [-0.25, -0.2) is 18.7 Å². The molecule has 1 fully saturated rings. The largest absolute Gasteiger partial charge is 0.497 e. The summed E-state index contributed by atoms with van der Waals surface area (Å²) in [5, 5.41) is 13.8. The molecule has 0 saturated carbocycles. The van der Waals surface area contributed by atoms with Crippen LogP contribution in [0.15, 0.2) is 36.5 Å². The first-order valence-electron chi connectivity index (χ1n) is 12.4. The first-order valence-corrected chi connectivity index (χ1v) is 12.8. The number of hydroxylamine groups is 1. The first kappa shape index (κ1) is 27.9. The van der Waals surface area contributed by atoms with E-state index in [1.165, 1.54) is 0 Å². The van der Waals surface area contributed by atoms with Gasteiger partial charge in [-0.2, -0.15) is 0 Å². The van der Waals surface area contributed by atoms with E-state index >= 15 is 0 Å². The van der Waals surface area contributed by atoms with Gasteiger partial charge in [0.1, 0.15) is 5.75 Å². The number of nitrogens with zero attached hydrogens (tertiary/aromatic N) is 2. The van der Waals surface area contributed by atoms with Crippen LogP contribution in [0.5, 0.6) is 5.75 Å². The minimum atomic E-state index is -1.50. The monoisotopic (exact) mass is 550 g/mol. The third-order valence-electron chi connectivity index (χ3n) is 7.35. The van der Waals surface area contributed by atoms with E-state index < -0.39 is 28.8 Å². The van der Waals surface area contributed by atoms with E-state index in [2.05, 4.69) is 15.2 Å². The summed E-state index contributed by atoms with van der Waals surface area (Å²) in [5.41, 5.74) is 3.03. The third-order valence-corrected chi connectivity index (χ3v) is 7.68. The number of piperidine rings is 1. The number of aromatic nitrogens is 1. The molecule has 3 N–H and O–H groups in total. The number of pyridine rings is 1. The second kappa shape index (κ2) is 12.2. The molecule has 2 aromatic carbocycles. The van der Waals surface area contributed by atoms with Crippen LogP contribution in [-0.4, -0.2) is 54.3 Å². The Hall–Kier alpha value is -3.08. The number of rotatable bonds is 10. The molecular formula is C27H30ClF3N4O3. The molecule has 0 bridgehead atoms. The molecular weight excluding hydrogens is 521 g/mol. The van der Waals surface area contributed by atoms with Crippen LogP contribution in [0.2, 0.25) is 5.02 Å². The Morgan fingerprint density at radius 2 is 1.89 bits per heavy atom. The average Bonchev–Trinajstić information content (AvgIpc) is 2.93. The smallest absolute Gasteiger partial charge is 0.249 e. The standard InChI is InChI=1S/C27H30ClF3N4O3/c1-38-18-4-5-24-20(15-18)19(21(28)16-33-24)3-2-6-27(26(36)34-37)7-10-35(11-8-27)12-9-32-17-13-22(29)25(31)23(30)14-17/h4-5,13-16,32,37H,2-3,6-12H2,1H3,(H,34,36). The van der Waals surface area contributed by atoms with Gasteiger partial charge in [-0.15, -0.1) is 0 Å². The van der Waals surface area contributed by atoms with Gasteiger partial charge < -0.3 is 15.0 Å². The third kappa shape index (κ3) is 6.14. The Labute approximate surface area is 223 Å². The fourth-order valence-electron chi connectivity index (χ4n) is 5.12. The molecule has 4 rings (SSSR count). The van der Waals surface area contributed by atoms with Crippen LogP contribution in [0, 0.1) is 22.9 Å². The molecule has 0 aliphatic carbocycles. The van der Waals surface area contributed by atoms with Gasteiger partial charge in [0.25, 0.3) is 0 Å². The van der Waals surface area contributed by atoms with Gasteiger partial charge in [0.05, 0.1) is 23.1 Å². The fraction of sp³-hybridized carbons (Fsp3) is 0.407. The highest BCUT2D eigenvalue weighted by Gasteiger charge is 2.40. The highest BCUT2D eigenvalue weighted by atomic mass is 35.5. The molecule has 204 valence electrons. The van der Waals surface area contributed by atoms with Crippen molar-refractivity contribution in [2.45, 2.75) is 32.1 Å². The van der Waals surface area contributed by atoms with Gasteiger partial charge in [-0.1, -0.05) is 11.6 Å². The van der Waals surface area contributed by atoms with Crippen molar-refractivity contribution in [1.82, 2.24) is 15.4 Å². The highest BCUT2D eigenvalue weighted by Crippen LogP contribution is 2.38. The number of anilines is 1. The topological polar surface area (TPSA) is 86.7 Å². The zero-order chi connectivity index (χ0) is 27.3. The Kier molecular flexibility index (Phi) is 8.96. The van der Waals surface area contributed by atoms with E-state index in [0.29, 0.717) is 69.1 Å². The number of hydrogen-bond donors (Lipinski definition) is 3. The van der Waals surface area contributed by atoms with E-state index in [0.717, 1.165) is 28.6 Å². The van der Waals surface area contributed by atoms with Crippen molar-refractivity contribution in [1.29, 1.82) is 0 Å². The summed E-state index contributed by atoms with van der Waals surface area (Å²) in [5.74, 6) is -3.68. The van der Waals surface area contributed by atoms with E-state index in [1.807, 2.05) is 23.7 Å². The van der Waals surface area contributed by atoms with Gasteiger partial charge >= 0.3 is 0 Å². The molecule has 0 spiro atoms. The quantitative estimate of drug-likeness (QED) is 0.180. The van der Waals surface area contributed by atoms with Crippen LogP contribution in [0.3, 0.4) is 0 Å². The lowest BCUT2D eigenvalue weighted by Crippen LogP contribution is -2.49. The maximum Gasteiger partial charge on any atom is 0.249 e. The number of aryl methyl sites for hydroxylation is 1. The van der Waals surface area contributed by atoms with Crippen LogP contribution >= 0.6 is 11.6 Å². The number of carbonyl (C=O) groups excluding carboxylic acids is 1. The van der Waals surface area contributed by atoms with Crippen LogP contribution in [0.1, 0.15) is 31.2 Å². The number of fused-ring (bicyclic) bond motifs is 1. The summed E-state index contributed by atoms with van der Waals surface area (Å²) in [4.78, 5) is 19.3. The molecule has 1 saturated heterocycles. The van der Waals surface area contributed by atoms with E-state index in [9.17, 15) is 23.2 Å². The second-order valence-corrected chi connectivity index (χ2v) is 9.97. The average molecular weight is 551 g/mol. The Morgan fingerprint density at radius 1 is 1.18 bits per heavy atom.